The molecule has 0 bridgehead atoms. The standard InChI is InChI=1S/C16H21BrFNO/c1-3-16(4-2)7-9-19(10-8-16)15(20)13-11-12(17)5-6-14(13)18/h5-6,11H,3-4,7-10H2,1-2H3. The van der Waals surface area contributed by atoms with Gasteiger partial charge >= 0.3 is 0 Å². The molecule has 0 aliphatic carbocycles. The summed E-state index contributed by atoms with van der Waals surface area (Å²) in [5.74, 6) is -0.634. The number of hydrogen-bond acceptors (Lipinski definition) is 1. The third kappa shape index (κ3) is 3.05. The average Bonchev–Trinajstić information content (AvgIpc) is 2.49. The number of carbonyl (C=O) groups excluding carboxylic acids is 1. The number of halogens is 2. The molecule has 1 aliphatic rings. The van der Waals surface area contributed by atoms with Gasteiger partial charge in [0.1, 0.15) is 5.82 Å². The molecule has 1 aromatic rings. The summed E-state index contributed by atoms with van der Waals surface area (Å²) in [6, 6.07) is 4.52. The van der Waals surface area contributed by atoms with E-state index < -0.39 is 5.82 Å². The van der Waals surface area contributed by atoms with Crippen molar-refractivity contribution < 1.29 is 9.18 Å². The molecule has 1 heterocycles. The van der Waals surface area contributed by atoms with Crippen molar-refractivity contribution in [3.63, 3.8) is 0 Å². The van der Waals surface area contributed by atoms with E-state index >= 15 is 0 Å². The van der Waals surface area contributed by atoms with Gasteiger partial charge in [0.15, 0.2) is 0 Å². The fourth-order valence-corrected chi connectivity index (χ4v) is 3.33. The van der Waals surface area contributed by atoms with E-state index in [1.165, 1.54) is 6.07 Å². The minimum atomic E-state index is -0.444. The van der Waals surface area contributed by atoms with Gasteiger partial charge in [0.2, 0.25) is 0 Å². The summed E-state index contributed by atoms with van der Waals surface area (Å²) >= 11 is 3.29. The Morgan fingerprint density at radius 2 is 1.90 bits per heavy atom. The second-order valence-electron chi connectivity index (χ2n) is 5.62. The lowest BCUT2D eigenvalue weighted by Gasteiger charge is -2.41. The van der Waals surface area contributed by atoms with Crippen LogP contribution in [0.1, 0.15) is 49.9 Å². The van der Waals surface area contributed by atoms with Gasteiger partial charge in [-0.05, 0) is 36.5 Å². The minimum absolute atomic E-state index is 0.167. The Balaban J connectivity index is 2.10. The van der Waals surface area contributed by atoms with E-state index in [1.807, 2.05) is 0 Å². The summed E-state index contributed by atoms with van der Waals surface area (Å²) in [4.78, 5) is 14.2. The van der Waals surface area contributed by atoms with Crippen LogP contribution in [0.3, 0.4) is 0 Å². The number of piperidine rings is 1. The van der Waals surface area contributed by atoms with Crippen molar-refractivity contribution in [1.29, 1.82) is 0 Å². The van der Waals surface area contributed by atoms with Gasteiger partial charge in [0.25, 0.3) is 5.91 Å². The van der Waals surface area contributed by atoms with E-state index in [-0.39, 0.29) is 11.5 Å². The second-order valence-corrected chi connectivity index (χ2v) is 6.54. The van der Waals surface area contributed by atoms with E-state index in [4.69, 9.17) is 0 Å². The van der Waals surface area contributed by atoms with Gasteiger partial charge in [-0.3, -0.25) is 4.79 Å². The summed E-state index contributed by atoms with van der Waals surface area (Å²) in [6.07, 6.45) is 4.33. The predicted molar refractivity (Wildman–Crippen MR) is 82.3 cm³/mol. The summed E-state index contributed by atoms with van der Waals surface area (Å²) in [7, 11) is 0. The third-order valence-corrected chi connectivity index (χ3v) is 5.26. The van der Waals surface area contributed by atoms with Gasteiger partial charge in [0.05, 0.1) is 5.56 Å². The highest BCUT2D eigenvalue weighted by molar-refractivity contribution is 9.10. The van der Waals surface area contributed by atoms with Gasteiger partial charge in [-0.25, -0.2) is 4.39 Å². The number of carbonyl (C=O) groups is 1. The molecule has 20 heavy (non-hydrogen) atoms. The van der Waals surface area contributed by atoms with Crippen LogP contribution in [0.5, 0.6) is 0 Å². The lowest BCUT2D eigenvalue weighted by Crippen LogP contribution is -2.43. The maximum atomic E-state index is 13.8. The fraction of sp³-hybridized carbons (Fsp3) is 0.562. The van der Waals surface area contributed by atoms with Gasteiger partial charge in [0, 0.05) is 17.6 Å². The maximum absolute atomic E-state index is 13.8. The monoisotopic (exact) mass is 341 g/mol. The first kappa shape index (κ1) is 15.5. The molecule has 110 valence electrons. The minimum Gasteiger partial charge on any atom is -0.339 e. The first-order valence-corrected chi connectivity index (χ1v) is 8.05. The fourth-order valence-electron chi connectivity index (χ4n) is 2.97. The summed E-state index contributed by atoms with van der Waals surface area (Å²) in [5.41, 5.74) is 0.534. The summed E-state index contributed by atoms with van der Waals surface area (Å²) < 4.78 is 14.5. The number of rotatable bonds is 3. The van der Waals surface area contributed by atoms with Crippen molar-refractivity contribution in [2.75, 3.05) is 13.1 Å². The molecule has 1 amide bonds. The Kier molecular flexibility index (Phi) is 4.84. The molecule has 0 spiro atoms. The predicted octanol–water partition coefficient (Wildman–Crippen LogP) is 4.63. The average molecular weight is 342 g/mol. The Morgan fingerprint density at radius 1 is 1.30 bits per heavy atom. The second kappa shape index (κ2) is 6.25. The van der Waals surface area contributed by atoms with Crippen LogP contribution in [0.4, 0.5) is 4.39 Å². The van der Waals surface area contributed by atoms with E-state index in [0.29, 0.717) is 5.41 Å². The van der Waals surface area contributed by atoms with E-state index in [1.54, 1.807) is 17.0 Å². The zero-order valence-corrected chi connectivity index (χ0v) is 13.7. The normalized spacial score (nSPS) is 18.1. The van der Waals surface area contributed by atoms with Crippen molar-refractivity contribution in [2.45, 2.75) is 39.5 Å². The molecule has 2 rings (SSSR count). The molecule has 4 heteroatoms. The van der Waals surface area contributed by atoms with Crippen molar-refractivity contribution in [2.24, 2.45) is 5.41 Å². The van der Waals surface area contributed by atoms with Crippen LogP contribution in [0.25, 0.3) is 0 Å². The Bertz CT molecular complexity index is 489. The largest absolute Gasteiger partial charge is 0.339 e. The van der Waals surface area contributed by atoms with Gasteiger partial charge in [-0.1, -0.05) is 42.6 Å². The van der Waals surface area contributed by atoms with Crippen LogP contribution >= 0.6 is 15.9 Å². The van der Waals surface area contributed by atoms with Crippen LogP contribution in [0.15, 0.2) is 22.7 Å². The first-order chi connectivity index (χ1) is 9.51. The Hall–Kier alpha value is -0.900. The molecule has 0 saturated carbocycles. The molecule has 0 radical (unpaired) electrons. The van der Waals surface area contributed by atoms with Crippen LogP contribution in [-0.2, 0) is 0 Å². The van der Waals surface area contributed by atoms with Crippen molar-refractivity contribution in [1.82, 2.24) is 4.90 Å². The lowest BCUT2D eigenvalue weighted by atomic mass is 9.74. The molecule has 1 aromatic carbocycles. The van der Waals surface area contributed by atoms with Gasteiger partial charge in [-0.15, -0.1) is 0 Å². The molecular weight excluding hydrogens is 321 g/mol. The Morgan fingerprint density at radius 3 is 2.45 bits per heavy atom. The zero-order valence-electron chi connectivity index (χ0n) is 12.1. The summed E-state index contributed by atoms with van der Waals surface area (Å²) in [6.45, 7) is 5.89. The van der Waals surface area contributed by atoms with Crippen molar-refractivity contribution in [3.05, 3.63) is 34.1 Å². The maximum Gasteiger partial charge on any atom is 0.256 e. The van der Waals surface area contributed by atoms with E-state index in [2.05, 4.69) is 29.8 Å². The topological polar surface area (TPSA) is 20.3 Å². The number of amides is 1. The Labute approximate surface area is 128 Å². The third-order valence-electron chi connectivity index (χ3n) is 4.77. The van der Waals surface area contributed by atoms with Gasteiger partial charge in [-0.2, -0.15) is 0 Å². The highest BCUT2D eigenvalue weighted by Gasteiger charge is 2.33. The molecule has 1 saturated heterocycles. The van der Waals surface area contributed by atoms with Crippen LogP contribution in [0, 0.1) is 11.2 Å². The number of hydrogen-bond donors (Lipinski definition) is 0. The van der Waals surface area contributed by atoms with Crippen molar-refractivity contribution >= 4 is 21.8 Å². The van der Waals surface area contributed by atoms with Gasteiger partial charge < -0.3 is 4.90 Å². The van der Waals surface area contributed by atoms with Crippen LogP contribution in [0.2, 0.25) is 0 Å². The molecule has 0 aromatic heterocycles. The molecule has 1 fully saturated rings. The van der Waals surface area contributed by atoms with Crippen LogP contribution < -0.4 is 0 Å². The summed E-state index contributed by atoms with van der Waals surface area (Å²) in [5, 5.41) is 0. The molecule has 2 nitrogen and oxygen atoms in total. The number of nitrogens with zero attached hydrogens (tertiary/aromatic N) is 1. The SMILES string of the molecule is CCC1(CC)CCN(C(=O)c2cc(Br)ccc2F)CC1. The molecular formula is C16H21BrFNO. The highest BCUT2D eigenvalue weighted by atomic mass is 79.9. The van der Waals surface area contributed by atoms with Crippen LogP contribution in [-0.4, -0.2) is 23.9 Å². The first-order valence-electron chi connectivity index (χ1n) is 7.25. The molecule has 0 unspecified atom stereocenters. The zero-order chi connectivity index (χ0) is 14.8. The number of likely N-dealkylation sites (tertiary alicyclic amines) is 1. The van der Waals surface area contributed by atoms with Crippen molar-refractivity contribution in [3.8, 4) is 0 Å². The molecule has 1 aliphatic heterocycles. The smallest absolute Gasteiger partial charge is 0.256 e. The molecule has 0 N–H and O–H groups in total. The van der Waals surface area contributed by atoms with E-state index in [0.717, 1.165) is 43.2 Å². The van der Waals surface area contributed by atoms with E-state index in [9.17, 15) is 9.18 Å². The highest BCUT2D eigenvalue weighted by Crippen LogP contribution is 2.38. The molecule has 0 atom stereocenters. The number of benzene rings is 1. The quantitative estimate of drug-likeness (QED) is 0.784. The lowest BCUT2D eigenvalue weighted by molar-refractivity contribution is 0.0553.